The number of anilines is 1. The Bertz CT molecular complexity index is 375. The number of carbonyl (C=O) groups is 1. The van der Waals surface area contributed by atoms with Crippen LogP contribution in [0.15, 0.2) is 15.7 Å². The van der Waals surface area contributed by atoms with E-state index in [0.717, 1.165) is 6.07 Å². The fourth-order valence-corrected chi connectivity index (χ4v) is 0.828. The predicted molar refractivity (Wildman–Crippen MR) is 46.5 cm³/mol. The monoisotopic (exact) mass is 183 g/mol. The van der Waals surface area contributed by atoms with Crippen LogP contribution in [0.5, 0.6) is 0 Å². The molecular formula is C8H9NO4. The van der Waals surface area contributed by atoms with E-state index in [-0.39, 0.29) is 12.2 Å². The van der Waals surface area contributed by atoms with Crippen molar-refractivity contribution >= 4 is 11.7 Å². The Hall–Kier alpha value is -1.65. The van der Waals surface area contributed by atoms with Crippen LogP contribution in [0.3, 0.4) is 0 Å². The van der Waals surface area contributed by atoms with E-state index in [9.17, 15) is 14.4 Å². The Morgan fingerprint density at radius 3 is 2.69 bits per heavy atom. The van der Waals surface area contributed by atoms with Gasteiger partial charge >= 0.3 is 5.97 Å². The minimum absolute atomic E-state index is 0.0846. The molecule has 0 radical (unpaired) electrons. The number of esters is 1. The van der Waals surface area contributed by atoms with Gasteiger partial charge in [-0.2, -0.15) is 0 Å². The van der Waals surface area contributed by atoms with Crippen LogP contribution in [0.1, 0.15) is 6.92 Å². The number of hydrogen-bond donors (Lipinski definition) is 1. The number of rotatable bonds is 4. The maximum Gasteiger partial charge on any atom is 0.325 e. The zero-order valence-corrected chi connectivity index (χ0v) is 7.12. The summed E-state index contributed by atoms with van der Waals surface area (Å²) in [6.45, 7) is 1.90. The van der Waals surface area contributed by atoms with E-state index < -0.39 is 16.8 Å². The maximum absolute atomic E-state index is 10.8. The molecule has 70 valence electrons. The summed E-state index contributed by atoms with van der Waals surface area (Å²) in [5.74, 6) is -0.449. The highest BCUT2D eigenvalue weighted by molar-refractivity contribution is 5.75. The molecule has 0 aliphatic heterocycles. The van der Waals surface area contributed by atoms with E-state index in [2.05, 4.69) is 10.1 Å². The second-order valence-electron chi connectivity index (χ2n) is 2.41. The lowest BCUT2D eigenvalue weighted by Gasteiger charge is -2.05. The average molecular weight is 183 g/mol. The molecule has 1 N–H and O–H groups in total. The van der Waals surface area contributed by atoms with Gasteiger partial charge in [-0.05, 0) is 6.92 Å². The zero-order chi connectivity index (χ0) is 9.84. The molecule has 0 bridgehead atoms. The van der Waals surface area contributed by atoms with Crippen LogP contribution < -0.4 is 16.2 Å². The van der Waals surface area contributed by atoms with Crippen LogP contribution in [-0.2, 0) is 9.53 Å². The Labute approximate surface area is 74.0 Å². The summed E-state index contributed by atoms with van der Waals surface area (Å²) in [4.78, 5) is 31.9. The Morgan fingerprint density at radius 1 is 1.54 bits per heavy atom. The highest BCUT2D eigenvalue weighted by Gasteiger charge is 2.10. The first kappa shape index (κ1) is 9.44. The first-order valence-corrected chi connectivity index (χ1v) is 3.85. The number of hydrogen-bond acceptors (Lipinski definition) is 5. The van der Waals surface area contributed by atoms with E-state index in [0.29, 0.717) is 6.61 Å². The molecule has 0 atom stereocenters. The van der Waals surface area contributed by atoms with Gasteiger partial charge in [0, 0.05) is 6.07 Å². The number of ether oxygens (including phenoxy) is 1. The van der Waals surface area contributed by atoms with E-state index in [1.807, 2.05) is 0 Å². The topological polar surface area (TPSA) is 72.5 Å². The van der Waals surface area contributed by atoms with Gasteiger partial charge in [-0.25, -0.2) is 0 Å². The van der Waals surface area contributed by atoms with Gasteiger partial charge in [0.25, 0.3) is 0 Å². The molecule has 5 heteroatoms. The van der Waals surface area contributed by atoms with Gasteiger partial charge in [-0.15, -0.1) is 0 Å². The lowest BCUT2D eigenvalue weighted by molar-refractivity contribution is -0.140. The summed E-state index contributed by atoms with van der Waals surface area (Å²) in [5.41, 5.74) is -0.936. The fourth-order valence-electron chi connectivity index (χ4n) is 0.828. The van der Waals surface area contributed by atoms with Gasteiger partial charge in [0.2, 0.25) is 10.9 Å². The fraction of sp³-hybridized carbons (Fsp3) is 0.375. The van der Waals surface area contributed by atoms with Crippen molar-refractivity contribution < 1.29 is 9.53 Å². The van der Waals surface area contributed by atoms with Crippen LogP contribution in [0.2, 0.25) is 0 Å². The molecule has 0 fully saturated rings. The average Bonchev–Trinajstić information content (AvgIpc) is 2.12. The largest absolute Gasteiger partial charge is 0.465 e. The van der Waals surface area contributed by atoms with Crippen molar-refractivity contribution in [2.45, 2.75) is 6.92 Å². The van der Waals surface area contributed by atoms with Crippen LogP contribution in [0.4, 0.5) is 5.69 Å². The molecule has 1 aromatic rings. The minimum atomic E-state index is -0.579. The lowest BCUT2D eigenvalue weighted by atomic mass is 10.2. The molecule has 0 spiro atoms. The Balaban J connectivity index is 2.37. The molecule has 1 aromatic carbocycles. The Morgan fingerprint density at radius 2 is 2.23 bits per heavy atom. The van der Waals surface area contributed by atoms with Crippen molar-refractivity contribution in [1.82, 2.24) is 0 Å². The van der Waals surface area contributed by atoms with Crippen LogP contribution in [-0.4, -0.2) is 19.1 Å². The normalized spacial score (nSPS) is 9.92. The van der Waals surface area contributed by atoms with Gasteiger partial charge in [0.05, 0.1) is 12.3 Å². The molecule has 0 saturated carbocycles. The molecule has 13 heavy (non-hydrogen) atoms. The molecule has 0 saturated heterocycles. The highest BCUT2D eigenvalue weighted by Crippen LogP contribution is 1.94. The molecule has 5 nitrogen and oxygen atoms in total. The van der Waals surface area contributed by atoms with Crippen molar-refractivity contribution in [2.24, 2.45) is 0 Å². The molecular weight excluding hydrogens is 174 g/mol. The van der Waals surface area contributed by atoms with Crippen molar-refractivity contribution in [2.75, 3.05) is 18.5 Å². The molecule has 0 heterocycles. The molecule has 1 rings (SSSR count). The first-order chi connectivity index (χ1) is 6.15. The SMILES string of the molecule is CCOC(=O)CNc1cc(=O)c1=O. The smallest absolute Gasteiger partial charge is 0.325 e. The molecule has 0 amide bonds. The van der Waals surface area contributed by atoms with Gasteiger partial charge < -0.3 is 10.1 Å². The van der Waals surface area contributed by atoms with E-state index in [1.54, 1.807) is 6.92 Å². The third-order valence-corrected chi connectivity index (χ3v) is 1.47. The third-order valence-electron chi connectivity index (χ3n) is 1.47. The highest BCUT2D eigenvalue weighted by atomic mass is 16.5. The quantitative estimate of drug-likeness (QED) is 0.491. The number of nitrogens with one attached hydrogen (secondary N) is 1. The standard InChI is InChI=1S/C8H9NO4/c1-2-13-7(11)4-9-5-3-6(10)8(5)12/h3,9H,2,4H2,1H3. The molecule has 0 aliphatic rings. The second kappa shape index (κ2) is 3.84. The van der Waals surface area contributed by atoms with Gasteiger partial charge in [-0.3, -0.25) is 14.4 Å². The predicted octanol–water partition coefficient (Wildman–Crippen LogP) is -0.742. The summed E-state index contributed by atoms with van der Waals surface area (Å²) >= 11 is 0. The third kappa shape index (κ3) is 2.14. The van der Waals surface area contributed by atoms with Gasteiger partial charge in [0.15, 0.2) is 0 Å². The maximum atomic E-state index is 10.8. The molecule has 0 aliphatic carbocycles. The summed E-state index contributed by atoms with van der Waals surface area (Å²) in [5, 5.41) is 2.50. The summed E-state index contributed by atoms with van der Waals surface area (Å²) in [6, 6.07) is 1.15. The Kier molecular flexibility index (Phi) is 2.79. The first-order valence-electron chi connectivity index (χ1n) is 3.85. The minimum Gasteiger partial charge on any atom is -0.465 e. The van der Waals surface area contributed by atoms with E-state index >= 15 is 0 Å². The number of carbonyl (C=O) groups excluding carboxylic acids is 1. The summed E-state index contributed by atoms with van der Waals surface area (Å²) < 4.78 is 4.60. The zero-order valence-electron chi connectivity index (χ0n) is 7.12. The van der Waals surface area contributed by atoms with Crippen molar-refractivity contribution in [3.05, 3.63) is 26.5 Å². The van der Waals surface area contributed by atoms with Gasteiger partial charge in [-0.1, -0.05) is 0 Å². The van der Waals surface area contributed by atoms with E-state index in [4.69, 9.17) is 0 Å². The lowest BCUT2D eigenvalue weighted by Crippen LogP contribution is -2.34. The van der Waals surface area contributed by atoms with Crippen LogP contribution >= 0.6 is 0 Å². The van der Waals surface area contributed by atoms with Gasteiger partial charge in [0.1, 0.15) is 6.54 Å². The van der Waals surface area contributed by atoms with E-state index in [1.165, 1.54) is 0 Å². The van der Waals surface area contributed by atoms with Crippen LogP contribution in [0.25, 0.3) is 0 Å². The summed E-state index contributed by atoms with van der Waals surface area (Å²) in [6.07, 6.45) is 0. The molecule has 0 unspecified atom stereocenters. The van der Waals surface area contributed by atoms with Crippen molar-refractivity contribution in [3.63, 3.8) is 0 Å². The van der Waals surface area contributed by atoms with Crippen molar-refractivity contribution in [3.8, 4) is 0 Å². The van der Waals surface area contributed by atoms with Crippen molar-refractivity contribution in [1.29, 1.82) is 0 Å². The molecule has 0 aromatic heterocycles. The second-order valence-corrected chi connectivity index (χ2v) is 2.41. The van der Waals surface area contributed by atoms with Crippen LogP contribution in [0, 0.1) is 0 Å². The summed E-state index contributed by atoms with van der Waals surface area (Å²) in [7, 11) is 0.